The summed E-state index contributed by atoms with van der Waals surface area (Å²) in [7, 11) is -3.73. The lowest BCUT2D eigenvalue weighted by Crippen LogP contribution is -2.21. The van der Waals surface area contributed by atoms with Crippen molar-refractivity contribution in [3.63, 3.8) is 0 Å². The zero-order chi connectivity index (χ0) is 21.0. The van der Waals surface area contributed by atoms with Gasteiger partial charge in [0.05, 0.1) is 22.1 Å². The van der Waals surface area contributed by atoms with Gasteiger partial charge in [-0.25, -0.2) is 0 Å². The third-order valence-corrected chi connectivity index (χ3v) is 7.01. The van der Waals surface area contributed by atoms with Crippen LogP contribution in [0, 0.1) is 6.92 Å². The lowest BCUT2D eigenvalue weighted by molar-refractivity contribution is 0.322. The fraction of sp³-hybridized carbons (Fsp3) is 0.174. The van der Waals surface area contributed by atoms with E-state index in [4.69, 9.17) is 4.18 Å². The third kappa shape index (κ3) is 4.87. The first-order valence-corrected chi connectivity index (χ1v) is 11.9. The van der Waals surface area contributed by atoms with Gasteiger partial charge < -0.3 is 4.90 Å². The molecular weight excluding hydrogens is 416 g/mol. The highest BCUT2D eigenvalue weighted by molar-refractivity contribution is 7.86. The zero-order valence-corrected chi connectivity index (χ0v) is 18.2. The van der Waals surface area contributed by atoms with Gasteiger partial charge in [0.15, 0.2) is 0 Å². The second-order valence-electron chi connectivity index (χ2n) is 6.95. The second kappa shape index (κ2) is 8.95. The maximum absolute atomic E-state index is 12.3. The summed E-state index contributed by atoms with van der Waals surface area (Å²) in [6.07, 6.45) is 4.57. The van der Waals surface area contributed by atoms with Crippen LogP contribution in [0.2, 0.25) is 0 Å². The number of hydrogen-bond donors (Lipinski definition) is 0. The molecule has 30 heavy (non-hydrogen) atoms. The molecule has 0 saturated heterocycles. The normalized spacial score (nSPS) is 14.0. The Kier molecular flexibility index (Phi) is 6.13. The van der Waals surface area contributed by atoms with Crippen LogP contribution in [0.3, 0.4) is 0 Å². The van der Waals surface area contributed by atoms with Gasteiger partial charge in [-0.05, 0) is 60.7 Å². The van der Waals surface area contributed by atoms with E-state index in [0.29, 0.717) is 13.1 Å². The van der Waals surface area contributed by atoms with Gasteiger partial charge in [0, 0.05) is 11.9 Å². The Labute approximate surface area is 181 Å². The van der Waals surface area contributed by atoms with Crippen molar-refractivity contribution in [3.05, 3.63) is 94.3 Å². The average molecular weight is 439 g/mol. The number of nitrogens with zero attached hydrogens (tertiary/aromatic N) is 2. The minimum Gasteiger partial charge on any atom is -0.328 e. The standard InChI is InChI=1S/C23H22N2O3S2/c1-18-4-10-21(11-5-18)30(26,27)28-15-13-19-6-8-20(9-7-19)25-14-12-22(24-17-25)23-3-2-16-29-23/h2-12,14,16H,13,15,17H2,1H3. The molecular formula is C23H22N2O3S2. The summed E-state index contributed by atoms with van der Waals surface area (Å²) in [6, 6.07) is 18.8. The van der Waals surface area contributed by atoms with Crippen molar-refractivity contribution in [1.29, 1.82) is 0 Å². The van der Waals surface area contributed by atoms with E-state index in [9.17, 15) is 8.42 Å². The molecule has 4 rings (SSSR count). The van der Waals surface area contributed by atoms with Crippen LogP contribution in [0.4, 0.5) is 5.69 Å². The first kappa shape index (κ1) is 20.5. The summed E-state index contributed by atoms with van der Waals surface area (Å²) in [5, 5.41) is 2.05. The van der Waals surface area contributed by atoms with E-state index < -0.39 is 10.1 Å². The predicted molar refractivity (Wildman–Crippen MR) is 122 cm³/mol. The lowest BCUT2D eigenvalue weighted by atomic mass is 10.1. The van der Waals surface area contributed by atoms with Gasteiger partial charge in [0.2, 0.25) is 0 Å². The van der Waals surface area contributed by atoms with Gasteiger partial charge in [-0.3, -0.25) is 9.18 Å². The monoisotopic (exact) mass is 438 g/mol. The molecule has 2 aromatic carbocycles. The number of aliphatic imine (C=N–C) groups is 1. The van der Waals surface area contributed by atoms with E-state index in [1.54, 1.807) is 35.6 Å². The summed E-state index contributed by atoms with van der Waals surface area (Å²) in [6.45, 7) is 2.59. The fourth-order valence-corrected chi connectivity index (χ4v) is 4.68. The number of hydrogen-bond acceptors (Lipinski definition) is 6. The molecule has 1 aliphatic heterocycles. The molecule has 2 heterocycles. The largest absolute Gasteiger partial charge is 0.328 e. The van der Waals surface area contributed by atoms with Crippen LogP contribution in [-0.2, 0) is 20.7 Å². The number of benzene rings is 2. The maximum Gasteiger partial charge on any atom is 0.296 e. The number of anilines is 1. The van der Waals surface area contributed by atoms with Crippen molar-refractivity contribution >= 4 is 32.9 Å². The highest BCUT2D eigenvalue weighted by Crippen LogP contribution is 2.21. The molecule has 0 atom stereocenters. The Balaban J connectivity index is 1.31. The van der Waals surface area contributed by atoms with Crippen LogP contribution in [-0.4, -0.2) is 27.4 Å². The van der Waals surface area contributed by atoms with Gasteiger partial charge in [-0.15, -0.1) is 11.3 Å². The number of thiophene rings is 1. The summed E-state index contributed by atoms with van der Waals surface area (Å²) < 4.78 is 29.7. The SMILES string of the molecule is Cc1ccc(S(=O)(=O)OCCc2ccc(N3C=CC(c4cccs4)=NC3)cc2)cc1. The lowest BCUT2D eigenvalue weighted by Gasteiger charge is -2.22. The van der Waals surface area contributed by atoms with Crippen molar-refractivity contribution in [1.82, 2.24) is 0 Å². The van der Waals surface area contributed by atoms with Crippen molar-refractivity contribution < 1.29 is 12.6 Å². The number of rotatable bonds is 7. The van der Waals surface area contributed by atoms with E-state index in [-0.39, 0.29) is 11.5 Å². The molecule has 7 heteroatoms. The molecule has 0 N–H and O–H groups in total. The van der Waals surface area contributed by atoms with Gasteiger partial charge >= 0.3 is 0 Å². The Morgan fingerprint density at radius 3 is 2.47 bits per heavy atom. The minimum atomic E-state index is -3.73. The van der Waals surface area contributed by atoms with Gasteiger partial charge in [0.25, 0.3) is 10.1 Å². The van der Waals surface area contributed by atoms with Crippen LogP contribution >= 0.6 is 11.3 Å². The second-order valence-corrected chi connectivity index (χ2v) is 9.52. The molecule has 3 aromatic rings. The van der Waals surface area contributed by atoms with Crippen LogP contribution in [0.15, 0.2) is 88.2 Å². The fourth-order valence-electron chi connectivity index (χ4n) is 3.06. The molecule has 0 amide bonds. The molecule has 0 fully saturated rings. The Bertz CT molecular complexity index is 1150. The summed E-state index contributed by atoms with van der Waals surface area (Å²) in [5.41, 5.74) is 4.06. The smallest absolute Gasteiger partial charge is 0.296 e. The number of allylic oxidation sites excluding steroid dienone is 1. The molecule has 0 bridgehead atoms. The summed E-state index contributed by atoms with van der Waals surface area (Å²) in [4.78, 5) is 8.06. The van der Waals surface area contributed by atoms with Crippen LogP contribution in [0.5, 0.6) is 0 Å². The molecule has 0 unspecified atom stereocenters. The molecule has 0 spiro atoms. The third-order valence-electron chi connectivity index (χ3n) is 4.79. The van der Waals surface area contributed by atoms with Crippen molar-refractivity contribution in [2.75, 3.05) is 18.2 Å². The molecule has 0 saturated carbocycles. The summed E-state index contributed by atoms with van der Waals surface area (Å²) in [5.74, 6) is 0. The first-order chi connectivity index (χ1) is 14.5. The molecule has 0 aliphatic carbocycles. The first-order valence-electron chi connectivity index (χ1n) is 9.59. The summed E-state index contributed by atoms with van der Waals surface area (Å²) >= 11 is 1.68. The van der Waals surface area contributed by atoms with Crippen LogP contribution in [0.25, 0.3) is 0 Å². The molecule has 1 aromatic heterocycles. The highest BCUT2D eigenvalue weighted by atomic mass is 32.2. The molecule has 0 radical (unpaired) electrons. The predicted octanol–water partition coefficient (Wildman–Crippen LogP) is 4.79. The Morgan fingerprint density at radius 1 is 1.07 bits per heavy atom. The molecule has 154 valence electrons. The number of aryl methyl sites for hydroxylation is 1. The van der Waals surface area contributed by atoms with Crippen molar-refractivity contribution in [2.45, 2.75) is 18.2 Å². The van der Waals surface area contributed by atoms with Crippen LogP contribution in [0.1, 0.15) is 16.0 Å². The minimum absolute atomic E-state index is 0.105. The highest BCUT2D eigenvalue weighted by Gasteiger charge is 2.15. The van der Waals surface area contributed by atoms with Gasteiger partial charge in [-0.2, -0.15) is 8.42 Å². The van der Waals surface area contributed by atoms with E-state index in [1.807, 2.05) is 54.9 Å². The van der Waals surface area contributed by atoms with Gasteiger partial charge in [0.1, 0.15) is 6.67 Å². The van der Waals surface area contributed by atoms with Crippen molar-refractivity contribution in [3.8, 4) is 0 Å². The van der Waals surface area contributed by atoms with E-state index in [1.165, 1.54) is 4.88 Å². The topological polar surface area (TPSA) is 59.0 Å². The molecule has 1 aliphatic rings. The quantitative estimate of drug-likeness (QED) is 0.498. The molecule has 5 nitrogen and oxygen atoms in total. The van der Waals surface area contributed by atoms with E-state index in [0.717, 1.165) is 22.5 Å². The van der Waals surface area contributed by atoms with Gasteiger partial charge in [-0.1, -0.05) is 35.9 Å². The van der Waals surface area contributed by atoms with E-state index >= 15 is 0 Å². The maximum atomic E-state index is 12.3. The van der Waals surface area contributed by atoms with E-state index in [2.05, 4.69) is 16.0 Å². The average Bonchev–Trinajstić information content (AvgIpc) is 3.30. The zero-order valence-electron chi connectivity index (χ0n) is 16.6. The Hall–Kier alpha value is -2.74. The van der Waals surface area contributed by atoms with Crippen molar-refractivity contribution in [2.24, 2.45) is 4.99 Å². The Morgan fingerprint density at radius 2 is 1.83 bits per heavy atom. The van der Waals surface area contributed by atoms with Crippen LogP contribution < -0.4 is 4.90 Å².